The number of aliphatic hydroxyl groups excluding tert-OH is 1. The fourth-order valence-corrected chi connectivity index (χ4v) is 1.43. The van der Waals surface area contributed by atoms with Crippen LogP contribution in [0.15, 0.2) is 12.1 Å². The van der Waals surface area contributed by atoms with Gasteiger partial charge in [0.1, 0.15) is 0 Å². The monoisotopic (exact) mass is 239 g/mol. The zero-order valence-electron chi connectivity index (χ0n) is 10.0. The minimum Gasteiger partial charge on any atom is -0.393 e. The Morgan fingerprint density at radius 1 is 1.59 bits per heavy atom. The molecule has 0 amide bonds. The molecule has 0 aromatic carbocycles. The second-order valence-electron chi connectivity index (χ2n) is 4.00. The molecule has 2 N–H and O–H groups in total. The maximum absolute atomic E-state index is 10.8. The molecule has 0 spiro atoms. The van der Waals surface area contributed by atoms with Gasteiger partial charge in [0.05, 0.1) is 11.0 Å². The Hall–Kier alpha value is -1.69. The highest BCUT2D eigenvalue weighted by molar-refractivity contribution is 5.55. The van der Waals surface area contributed by atoms with Gasteiger partial charge < -0.3 is 10.4 Å². The van der Waals surface area contributed by atoms with Gasteiger partial charge in [-0.3, -0.25) is 10.1 Å². The van der Waals surface area contributed by atoms with E-state index in [0.717, 1.165) is 12.1 Å². The quantitative estimate of drug-likeness (QED) is 0.449. The summed E-state index contributed by atoms with van der Waals surface area (Å²) in [5, 5.41) is 22.8. The van der Waals surface area contributed by atoms with Crippen LogP contribution in [0.25, 0.3) is 0 Å². The molecule has 1 rings (SSSR count). The van der Waals surface area contributed by atoms with E-state index >= 15 is 0 Å². The minimum absolute atomic E-state index is 0.0207. The van der Waals surface area contributed by atoms with Gasteiger partial charge in [0, 0.05) is 18.3 Å². The number of hydrogen-bond donors (Lipinski definition) is 2. The Bertz CT molecular complexity index is 394. The standard InChI is InChI=1S/C11H17N3O3/c1-8-5-6-10(14(16)17)11(13-8)12-7-3-4-9(2)15/h5-6,9,15H,3-4,7H2,1-2H3,(H,12,13). The number of rotatable bonds is 6. The Morgan fingerprint density at radius 2 is 2.29 bits per heavy atom. The van der Waals surface area contributed by atoms with Crippen LogP contribution in [0.3, 0.4) is 0 Å². The molecular formula is C11H17N3O3. The molecule has 6 nitrogen and oxygen atoms in total. The predicted molar refractivity (Wildman–Crippen MR) is 65.0 cm³/mol. The van der Waals surface area contributed by atoms with E-state index in [1.807, 2.05) is 0 Å². The molecule has 0 aliphatic rings. The van der Waals surface area contributed by atoms with Crippen molar-refractivity contribution in [3.63, 3.8) is 0 Å². The van der Waals surface area contributed by atoms with Crippen LogP contribution in [0.5, 0.6) is 0 Å². The molecule has 1 heterocycles. The third-order valence-electron chi connectivity index (χ3n) is 2.30. The normalized spacial score (nSPS) is 12.2. The highest BCUT2D eigenvalue weighted by Gasteiger charge is 2.14. The largest absolute Gasteiger partial charge is 0.393 e. The number of nitro groups is 1. The van der Waals surface area contributed by atoms with Gasteiger partial charge in [0.25, 0.3) is 0 Å². The van der Waals surface area contributed by atoms with E-state index < -0.39 is 4.92 Å². The average Bonchev–Trinajstić information content (AvgIpc) is 2.23. The van der Waals surface area contributed by atoms with Crippen LogP contribution in [0, 0.1) is 17.0 Å². The summed E-state index contributed by atoms with van der Waals surface area (Å²) < 4.78 is 0. The molecule has 1 unspecified atom stereocenters. The first-order valence-electron chi connectivity index (χ1n) is 5.54. The van der Waals surface area contributed by atoms with Crippen LogP contribution in [0.2, 0.25) is 0 Å². The molecule has 1 aromatic heterocycles. The molecular weight excluding hydrogens is 222 g/mol. The summed E-state index contributed by atoms with van der Waals surface area (Å²) in [4.78, 5) is 14.4. The average molecular weight is 239 g/mol. The van der Waals surface area contributed by atoms with E-state index in [0.29, 0.717) is 18.8 Å². The zero-order valence-corrected chi connectivity index (χ0v) is 10.0. The smallest absolute Gasteiger partial charge is 0.311 e. The van der Waals surface area contributed by atoms with Gasteiger partial charge in [0.15, 0.2) is 0 Å². The van der Waals surface area contributed by atoms with Crippen molar-refractivity contribution < 1.29 is 10.0 Å². The summed E-state index contributed by atoms with van der Waals surface area (Å²) in [6.45, 7) is 4.06. The van der Waals surface area contributed by atoms with E-state index in [-0.39, 0.29) is 11.8 Å². The van der Waals surface area contributed by atoms with Crippen molar-refractivity contribution >= 4 is 11.5 Å². The summed E-state index contributed by atoms with van der Waals surface area (Å²) in [6.07, 6.45) is 1.05. The van der Waals surface area contributed by atoms with Crippen LogP contribution in [0.4, 0.5) is 11.5 Å². The maximum atomic E-state index is 10.8. The predicted octanol–water partition coefficient (Wildman–Crippen LogP) is 1.87. The molecule has 94 valence electrons. The number of aliphatic hydroxyl groups is 1. The van der Waals surface area contributed by atoms with Crippen molar-refractivity contribution in [3.8, 4) is 0 Å². The van der Waals surface area contributed by atoms with Crippen LogP contribution in [0.1, 0.15) is 25.5 Å². The highest BCUT2D eigenvalue weighted by Crippen LogP contribution is 2.21. The van der Waals surface area contributed by atoms with Gasteiger partial charge in [-0.15, -0.1) is 0 Å². The van der Waals surface area contributed by atoms with Gasteiger partial charge in [-0.1, -0.05) is 0 Å². The molecule has 0 bridgehead atoms. The van der Waals surface area contributed by atoms with E-state index in [1.165, 1.54) is 6.07 Å². The van der Waals surface area contributed by atoms with Crippen LogP contribution < -0.4 is 5.32 Å². The lowest BCUT2D eigenvalue weighted by atomic mass is 10.2. The van der Waals surface area contributed by atoms with Gasteiger partial charge in [-0.05, 0) is 32.8 Å². The Balaban J connectivity index is 2.62. The number of anilines is 1. The van der Waals surface area contributed by atoms with Crippen LogP contribution in [-0.2, 0) is 0 Å². The molecule has 17 heavy (non-hydrogen) atoms. The zero-order chi connectivity index (χ0) is 12.8. The van der Waals surface area contributed by atoms with E-state index in [9.17, 15) is 10.1 Å². The molecule has 0 aliphatic heterocycles. The second kappa shape index (κ2) is 6.15. The first-order chi connectivity index (χ1) is 8.00. The Labute approximate surface area is 99.8 Å². The van der Waals surface area contributed by atoms with E-state index in [4.69, 9.17) is 5.11 Å². The van der Waals surface area contributed by atoms with Crippen molar-refractivity contribution in [2.24, 2.45) is 0 Å². The maximum Gasteiger partial charge on any atom is 0.311 e. The van der Waals surface area contributed by atoms with Crippen LogP contribution >= 0.6 is 0 Å². The second-order valence-corrected chi connectivity index (χ2v) is 4.00. The Morgan fingerprint density at radius 3 is 2.88 bits per heavy atom. The SMILES string of the molecule is Cc1ccc([N+](=O)[O-])c(NCCCC(C)O)n1. The van der Waals surface area contributed by atoms with Crippen molar-refractivity contribution in [1.29, 1.82) is 0 Å². The molecule has 0 radical (unpaired) electrons. The van der Waals surface area contributed by atoms with E-state index in [2.05, 4.69) is 10.3 Å². The number of hydrogen-bond acceptors (Lipinski definition) is 5. The minimum atomic E-state index is -0.455. The fraction of sp³-hybridized carbons (Fsp3) is 0.545. The third kappa shape index (κ3) is 4.36. The van der Waals surface area contributed by atoms with Crippen molar-refractivity contribution in [1.82, 2.24) is 4.98 Å². The van der Waals surface area contributed by atoms with Gasteiger partial charge in [0.2, 0.25) is 5.82 Å². The summed E-state index contributed by atoms with van der Waals surface area (Å²) in [6, 6.07) is 3.05. The summed E-state index contributed by atoms with van der Waals surface area (Å²) in [5.74, 6) is 0.292. The van der Waals surface area contributed by atoms with Crippen molar-refractivity contribution in [2.75, 3.05) is 11.9 Å². The molecule has 0 saturated heterocycles. The number of pyridine rings is 1. The van der Waals surface area contributed by atoms with Crippen molar-refractivity contribution in [3.05, 3.63) is 27.9 Å². The van der Waals surface area contributed by atoms with Gasteiger partial charge >= 0.3 is 5.69 Å². The molecule has 6 heteroatoms. The van der Waals surface area contributed by atoms with Gasteiger partial charge in [-0.25, -0.2) is 4.98 Å². The van der Waals surface area contributed by atoms with Gasteiger partial charge in [-0.2, -0.15) is 0 Å². The summed E-state index contributed by atoms with van der Waals surface area (Å²) >= 11 is 0. The van der Waals surface area contributed by atoms with Crippen LogP contribution in [-0.4, -0.2) is 27.7 Å². The third-order valence-corrected chi connectivity index (χ3v) is 2.30. The molecule has 0 aliphatic carbocycles. The van der Waals surface area contributed by atoms with Crippen molar-refractivity contribution in [2.45, 2.75) is 32.8 Å². The lowest BCUT2D eigenvalue weighted by Crippen LogP contribution is -2.09. The number of nitrogens with one attached hydrogen (secondary N) is 1. The Kier molecular flexibility index (Phi) is 4.84. The summed E-state index contributed by atoms with van der Waals surface area (Å²) in [5.41, 5.74) is 0.710. The lowest BCUT2D eigenvalue weighted by Gasteiger charge is -2.07. The molecule has 1 atom stereocenters. The highest BCUT2D eigenvalue weighted by atomic mass is 16.6. The van der Waals surface area contributed by atoms with E-state index in [1.54, 1.807) is 19.9 Å². The molecule has 1 aromatic rings. The molecule has 0 fully saturated rings. The number of aromatic nitrogens is 1. The number of aryl methyl sites for hydroxylation is 1. The molecule has 0 saturated carbocycles. The topological polar surface area (TPSA) is 88.3 Å². The summed E-state index contributed by atoms with van der Waals surface area (Å²) in [7, 11) is 0. The first-order valence-corrected chi connectivity index (χ1v) is 5.54. The lowest BCUT2D eigenvalue weighted by molar-refractivity contribution is -0.384. The fourth-order valence-electron chi connectivity index (χ4n) is 1.43. The number of nitrogens with zero attached hydrogens (tertiary/aromatic N) is 2. The first kappa shape index (κ1) is 13.4.